The summed E-state index contributed by atoms with van der Waals surface area (Å²) >= 11 is 0. The van der Waals surface area contributed by atoms with Crippen LogP contribution in [-0.2, 0) is 9.47 Å². The molecule has 0 aliphatic carbocycles. The maximum absolute atomic E-state index is 12.0. The van der Waals surface area contributed by atoms with E-state index in [2.05, 4.69) is 4.98 Å². The second-order valence-electron chi connectivity index (χ2n) is 6.37. The normalized spacial score (nSPS) is 20.4. The molecule has 21 heavy (non-hydrogen) atoms. The third-order valence-corrected chi connectivity index (χ3v) is 3.30. The van der Waals surface area contributed by atoms with Gasteiger partial charge in [-0.15, -0.1) is 0 Å². The van der Waals surface area contributed by atoms with Crippen LogP contribution in [0.25, 0.3) is 0 Å². The van der Waals surface area contributed by atoms with Gasteiger partial charge >= 0.3 is 6.09 Å². The smallest absolute Gasteiger partial charge is 0.410 e. The number of pyridine rings is 1. The molecule has 2 rings (SSSR count). The third kappa shape index (κ3) is 4.70. The van der Waals surface area contributed by atoms with Gasteiger partial charge in [0.2, 0.25) is 0 Å². The molecule has 0 bridgehead atoms. The lowest BCUT2D eigenvalue weighted by Gasteiger charge is -2.24. The largest absolute Gasteiger partial charge is 0.444 e. The molecule has 0 spiro atoms. The number of hydrogen-bond acceptors (Lipinski definition) is 4. The second-order valence-corrected chi connectivity index (χ2v) is 6.37. The number of carbonyl (C=O) groups excluding carboxylic acids is 1. The summed E-state index contributed by atoms with van der Waals surface area (Å²) in [4.78, 5) is 18.0. The highest BCUT2D eigenvalue weighted by atomic mass is 16.6. The Balaban J connectivity index is 1.84. The van der Waals surface area contributed by atoms with Crippen molar-refractivity contribution in [3.63, 3.8) is 0 Å². The van der Waals surface area contributed by atoms with Crippen molar-refractivity contribution < 1.29 is 14.3 Å². The molecule has 1 fully saturated rings. The van der Waals surface area contributed by atoms with Crippen molar-refractivity contribution in [2.45, 2.75) is 51.9 Å². The number of ether oxygens (including phenoxy) is 2. The number of likely N-dealkylation sites (tertiary alicyclic amines) is 1. The number of hydrogen-bond donors (Lipinski definition) is 0. The lowest BCUT2D eigenvalue weighted by Crippen LogP contribution is -2.36. The Kier molecular flexibility index (Phi) is 4.83. The average Bonchev–Trinajstić information content (AvgIpc) is 2.86. The molecule has 1 aliphatic rings. The van der Waals surface area contributed by atoms with Crippen LogP contribution < -0.4 is 0 Å². The minimum Gasteiger partial charge on any atom is -0.444 e. The first-order valence-corrected chi connectivity index (χ1v) is 7.39. The van der Waals surface area contributed by atoms with Gasteiger partial charge in [0.05, 0.1) is 24.4 Å². The second kappa shape index (κ2) is 6.43. The minimum absolute atomic E-state index is 0.0366. The van der Waals surface area contributed by atoms with E-state index in [0.29, 0.717) is 13.1 Å². The zero-order valence-electron chi connectivity index (χ0n) is 13.2. The maximum Gasteiger partial charge on any atom is 0.410 e. The zero-order valence-corrected chi connectivity index (χ0v) is 13.2. The molecule has 2 heterocycles. The van der Waals surface area contributed by atoms with E-state index in [1.165, 1.54) is 0 Å². The Morgan fingerprint density at radius 3 is 2.81 bits per heavy atom. The summed E-state index contributed by atoms with van der Waals surface area (Å²) in [7, 11) is 0. The molecular formula is C16H24N2O3. The molecule has 0 aromatic carbocycles. The molecule has 2 unspecified atom stereocenters. The fraction of sp³-hybridized carbons (Fsp3) is 0.625. The van der Waals surface area contributed by atoms with E-state index in [4.69, 9.17) is 9.47 Å². The average molecular weight is 292 g/mol. The molecule has 0 radical (unpaired) electrons. The maximum atomic E-state index is 12.0. The van der Waals surface area contributed by atoms with Crippen LogP contribution in [0.2, 0.25) is 0 Å². The molecule has 5 nitrogen and oxygen atoms in total. The Morgan fingerprint density at radius 2 is 2.19 bits per heavy atom. The predicted molar refractivity (Wildman–Crippen MR) is 79.9 cm³/mol. The van der Waals surface area contributed by atoms with E-state index in [-0.39, 0.29) is 18.3 Å². The topological polar surface area (TPSA) is 51.7 Å². The van der Waals surface area contributed by atoms with Gasteiger partial charge in [0.15, 0.2) is 0 Å². The fourth-order valence-electron chi connectivity index (χ4n) is 2.31. The quantitative estimate of drug-likeness (QED) is 0.858. The number of nitrogens with zero attached hydrogens (tertiary/aromatic N) is 2. The fourth-order valence-corrected chi connectivity index (χ4v) is 2.31. The summed E-state index contributed by atoms with van der Waals surface area (Å²) in [5.41, 5.74) is 0.449. The van der Waals surface area contributed by atoms with Crippen molar-refractivity contribution in [1.29, 1.82) is 0 Å². The van der Waals surface area contributed by atoms with Gasteiger partial charge in [0.1, 0.15) is 5.60 Å². The predicted octanol–water partition coefficient (Wildman–Crippen LogP) is 3.17. The van der Waals surface area contributed by atoms with Crippen LogP contribution in [0.5, 0.6) is 0 Å². The van der Waals surface area contributed by atoms with Crippen LogP contribution in [0.1, 0.15) is 45.9 Å². The lowest BCUT2D eigenvalue weighted by molar-refractivity contribution is -0.00557. The first-order chi connectivity index (χ1) is 9.85. The van der Waals surface area contributed by atoms with Gasteiger partial charge in [-0.3, -0.25) is 4.98 Å². The van der Waals surface area contributed by atoms with Crippen LogP contribution in [0.15, 0.2) is 24.4 Å². The van der Waals surface area contributed by atoms with E-state index < -0.39 is 5.60 Å². The molecule has 0 N–H and O–H groups in total. The number of amides is 1. The molecule has 5 heteroatoms. The highest BCUT2D eigenvalue weighted by Crippen LogP contribution is 2.22. The lowest BCUT2D eigenvalue weighted by atomic mass is 10.2. The van der Waals surface area contributed by atoms with Crippen molar-refractivity contribution in [1.82, 2.24) is 9.88 Å². The van der Waals surface area contributed by atoms with Gasteiger partial charge < -0.3 is 14.4 Å². The first-order valence-electron chi connectivity index (χ1n) is 7.39. The van der Waals surface area contributed by atoms with Crippen molar-refractivity contribution in [3.05, 3.63) is 30.1 Å². The summed E-state index contributed by atoms with van der Waals surface area (Å²) < 4.78 is 11.4. The van der Waals surface area contributed by atoms with Crippen LogP contribution in [0.3, 0.4) is 0 Å². The van der Waals surface area contributed by atoms with E-state index in [1.807, 2.05) is 45.9 Å². The van der Waals surface area contributed by atoms with Crippen LogP contribution in [-0.4, -0.2) is 40.8 Å². The summed E-state index contributed by atoms with van der Waals surface area (Å²) in [6.07, 6.45) is 2.29. The van der Waals surface area contributed by atoms with Crippen molar-refractivity contribution in [3.8, 4) is 0 Å². The summed E-state index contributed by atoms with van der Waals surface area (Å²) in [6, 6.07) is 5.78. The summed E-state index contributed by atoms with van der Waals surface area (Å²) in [5, 5.41) is 0. The van der Waals surface area contributed by atoms with Gasteiger partial charge in [-0.05, 0) is 46.2 Å². The molecule has 1 aromatic rings. The monoisotopic (exact) mass is 292 g/mol. The van der Waals surface area contributed by atoms with E-state index in [1.54, 1.807) is 11.1 Å². The van der Waals surface area contributed by atoms with Crippen LogP contribution in [0.4, 0.5) is 4.79 Å². The number of rotatable bonds is 3. The number of aromatic nitrogens is 1. The van der Waals surface area contributed by atoms with E-state index in [0.717, 1.165) is 12.1 Å². The Morgan fingerprint density at radius 1 is 1.43 bits per heavy atom. The van der Waals surface area contributed by atoms with Crippen molar-refractivity contribution in [2.75, 3.05) is 13.1 Å². The Labute approximate surface area is 126 Å². The van der Waals surface area contributed by atoms with Crippen molar-refractivity contribution in [2.24, 2.45) is 0 Å². The SMILES string of the molecule is CC(OC1CCN(C(=O)OC(C)(C)C)C1)c1ccccn1. The molecule has 0 saturated carbocycles. The highest BCUT2D eigenvalue weighted by Gasteiger charge is 2.31. The Bertz CT molecular complexity index is 470. The van der Waals surface area contributed by atoms with E-state index >= 15 is 0 Å². The van der Waals surface area contributed by atoms with Gasteiger partial charge in [-0.1, -0.05) is 6.07 Å². The molecule has 1 aromatic heterocycles. The highest BCUT2D eigenvalue weighted by molar-refractivity contribution is 5.68. The van der Waals surface area contributed by atoms with Gasteiger partial charge in [-0.2, -0.15) is 0 Å². The minimum atomic E-state index is -0.461. The molecule has 1 amide bonds. The first kappa shape index (κ1) is 15.8. The molecule has 1 aliphatic heterocycles. The summed E-state index contributed by atoms with van der Waals surface area (Å²) in [5.74, 6) is 0. The van der Waals surface area contributed by atoms with Crippen LogP contribution >= 0.6 is 0 Å². The molecule has 1 saturated heterocycles. The van der Waals surface area contributed by atoms with Gasteiger partial charge in [0.25, 0.3) is 0 Å². The third-order valence-electron chi connectivity index (χ3n) is 3.30. The van der Waals surface area contributed by atoms with E-state index in [9.17, 15) is 4.79 Å². The Hall–Kier alpha value is -1.62. The van der Waals surface area contributed by atoms with Gasteiger partial charge in [0, 0.05) is 12.7 Å². The molecular weight excluding hydrogens is 268 g/mol. The molecule has 2 atom stereocenters. The number of carbonyl (C=O) groups is 1. The molecule has 116 valence electrons. The van der Waals surface area contributed by atoms with Gasteiger partial charge in [-0.25, -0.2) is 4.79 Å². The summed E-state index contributed by atoms with van der Waals surface area (Å²) in [6.45, 7) is 8.85. The van der Waals surface area contributed by atoms with Crippen LogP contribution in [0, 0.1) is 0 Å². The van der Waals surface area contributed by atoms with Crippen molar-refractivity contribution >= 4 is 6.09 Å². The standard InChI is InChI=1S/C16H24N2O3/c1-12(14-7-5-6-9-17-14)20-13-8-10-18(11-13)15(19)21-16(2,3)4/h5-7,9,12-13H,8,10-11H2,1-4H3. The zero-order chi connectivity index (χ0) is 15.5.